The number of carbonyl (C=O) groups excluding carboxylic acids is 1. The number of aliphatic hydroxyl groups is 1. The number of ether oxygens (including phenoxy) is 1. The second kappa shape index (κ2) is 6.93. The molecule has 3 nitrogen and oxygen atoms in total. The van der Waals surface area contributed by atoms with Gasteiger partial charge in [-0.25, -0.2) is 0 Å². The molecule has 0 aromatic heterocycles. The lowest BCUT2D eigenvalue weighted by molar-refractivity contribution is -0.143. The van der Waals surface area contributed by atoms with Crippen molar-refractivity contribution >= 4 is 16.7 Å². The van der Waals surface area contributed by atoms with E-state index >= 15 is 0 Å². The van der Waals surface area contributed by atoms with Crippen LogP contribution in [0.1, 0.15) is 45.1 Å². The molecular weight excluding hydrogens is 276 g/mol. The minimum absolute atomic E-state index is 0.122. The van der Waals surface area contributed by atoms with Gasteiger partial charge in [-0.15, -0.1) is 0 Å². The minimum Gasteiger partial charge on any atom is -0.466 e. The van der Waals surface area contributed by atoms with E-state index in [1.165, 1.54) is 0 Å². The number of hydrogen-bond acceptors (Lipinski definition) is 3. The number of benzene rings is 2. The molecule has 2 aromatic carbocycles. The normalized spacial score (nSPS) is 13.1. The Labute approximate surface area is 131 Å². The summed E-state index contributed by atoms with van der Waals surface area (Å²) < 4.78 is 5.01. The van der Waals surface area contributed by atoms with Gasteiger partial charge >= 0.3 is 5.97 Å². The molecule has 0 fully saturated rings. The van der Waals surface area contributed by atoms with Gasteiger partial charge in [0.25, 0.3) is 0 Å². The number of fused-ring (bicyclic) bond motifs is 1. The van der Waals surface area contributed by atoms with Crippen molar-refractivity contribution in [2.45, 2.75) is 45.1 Å². The Kier molecular flexibility index (Phi) is 5.19. The standard InChI is InChI=1S/C19H24O3/c1-4-22-18(20)13-12-17(19(2,3)21)16-11-7-9-14-8-5-6-10-15(14)16/h5-11,17,21H,4,12-13H2,1-3H3. The monoisotopic (exact) mass is 300 g/mol. The highest BCUT2D eigenvalue weighted by Crippen LogP contribution is 2.36. The molecule has 1 atom stereocenters. The van der Waals surface area contributed by atoms with Crippen molar-refractivity contribution in [1.29, 1.82) is 0 Å². The molecule has 1 N–H and O–H groups in total. The molecule has 118 valence electrons. The van der Waals surface area contributed by atoms with E-state index in [-0.39, 0.29) is 11.9 Å². The van der Waals surface area contributed by atoms with Crippen molar-refractivity contribution in [2.75, 3.05) is 6.61 Å². The van der Waals surface area contributed by atoms with Crippen molar-refractivity contribution in [2.24, 2.45) is 0 Å². The average molecular weight is 300 g/mol. The first kappa shape index (κ1) is 16.5. The summed E-state index contributed by atoms with van der Waals surface area (Å²) in [5.41, 5.74) is 0.172. The fraction of sp³-hybridized carbons (Fsp3) is 0.421. The quantitative estimate of drug-likeness (QED) is 0.819. The summed E-state index contributed by atoms with van der Waals surface area (Å²) in [7, 11) is 0. The maximum absolute atomic E-state index is 11.7. The second-order valence-corrected chi connectivity index (χ2v) is 6.12. The third-order valence-electron chi connectivity index (χ3n) is 3.99. The van der Waals surface area contributed by atoms with Crippen molar-refractivity contribution in [3.8, 4) is 0 Å². The number of hydrogen-bond donors (Lipinski definition) is 1. The molecule has 2 rings (SSSR count). The SMILES string of the molecule is CCOC(=O)CCC(c1cccc2ccccc12)C(C)(C)O. The Morgan fingerprint density at radius 2 is 1.86 bits per heavy atom. The predicted octanol–water partition coefficient (Wildman–Crippen LogP) is 4.04. The zero-order chi connectivity index (χ0) is 16.2. The Morgan fingerprint density at radius 1 is 1.18 bits per heavy atom. The molecular formula is C19H24O3. The van der Waals surface area contributed by atoms with Crippen LogP contribution in [0, 0.1) is 0 Å². The highest BCUT2D eigenvalue weighted by Gasteiger charge is 2.30. The molecule has 0 spiro atoms. The molecule has 0 aliphatic rings. The van der Waals surface area contributed by atoms with E-state index in [1.807, 2.05) is 24.3 Å². The first-order valence-electron chi connectivity index (χ1n) is 7.79. The molecule has 0 saturated heterocycles. The van der Waals surface area contributed by atoms with Crippen LogP contribution in [-0.2, 0) is 9.53 Å². The Hall–Kier alpha value is -1.87. The van der Waals surface area contributed by atoms with E-state index in [1.54, 1.807) is 20.8 Å². The lowest BCUT2D eigenvalue weighted by atomic mass is 9.79. The van der Waals surface area contributed by atoms with Crippen molar-refractivity contribution < 1.29 is 14.6 Å². The number of rotatable bonds is 6. The van der Waals surface area contributed by atoms with Gasteiger partial charge in [-0.05, 0) is 43.5 Å². The Morgan fingerprint density at radius 3 is 2.55 bits per heavy atom. The van der Waals surface area contributed by atoms with Crippen LogP contribution in [0.5, 0.6) is 0 Å². The van der Waals surface area contributed by atoms with Gasteiger partial charge in [-0.1, -0.05) is 42.5 Å². The molecule has 0 heterocycles. The molecule has 0 saturated carbocycles. The molecule has 22 heavy (non-hydrogen) atoms. The average Bonchev–Trinajstić information content (AvgIpc) is 2.46. The maximum Gasteiger partial charge on any atom is 0.305 e. The van der Waals surface area contributed by atoms with Crippen molar-refractivity contribution in [3.63, 3.8) is 0 Å². The third-order valence-corrected chi connectivity index (χ3v) is 3.99. The van der Waals surface area contributed by atoms with Gasteiger partial charge in [-0.2, -0.15) is 0 Å². The maximum atomic E-state index is 11.7. The molecule has 0 radical (unpaired) electrons. The molecule has 3 heteroatoms. The summed E-state index contributed by atoms with van der Waals surface area (Å²) >= 11 is 0. The summed E-state index contributed by atoms with van der Waals surface area (Å²) in [6, 6.07) is 14.2. The largest absolute Gasteiger partial charge is 0.466 e. The van der Waals surface area contributed by atoms with Gasteiger partial charge < -0.3 is 9.84 Å². The van der Waals surface area contributed by atoms with Gasteiger partial charge in [0.15, 0.2) is 0 Å². The van der Waals surface area contributed by atoms with Gasteiger partial charge in [-0.3, -0.25) is 4.79 Å². The Balaban J connectivity index is 2.34. The van der Waals surface area contributed by atoms with Crippen LogP contribution in [0.25, 0.3) is 10.8 Å². The summed E-state index contributed by atoms with van der Waals surface area (Å²) in [6.07, 6.45) is 0.877. The van der Waals surface area contributed by atoms with Gasteiger partial charge in [0.1, 0.15) is 0 Å². The number of esters is 1. The number of carbonyl (C=O) groups is 1. The van der Waals surface area contributed by atoms with Gasteiger partial charge in [0, 0.05) is 12.3 Å². The molecule has 2 aromatic rings. The lowest BCUT2D eigenvalue weighted by Gasteiger charge is -2.30. The van der Waals surface area contributed by atoms with E-state index in [4.69, 9.17) is 4.74 Å². The Bertz CT molecular complexity index is 635. The third kappa shape index (κ3) is 3.86. The highest BCUT2D eigenvalue weighted by atomic mass is 16.5. The summed E-state index contributed by atoms with van der Waals surface area (Å²) in [6.45, 7) is 5.78. The first-order valence-corrected chi connectivity index (χ1v) is 7.79. The van der Waals surface area contributed by atoms with E-state index in [2.05, 4.69) is 18.2 Å². The van der Waals surface area contributed by atoms with Crippen molar-refractivity contribution in [3.05, 3.63) is 48.0 Å². The van der Waals surface area contributed by atoms with Gasteiger partial charge in [0.2, 0.25) is 0 Å². The predicted molar refractivity (Wildman–Crippen MR) is 88.9 cm³/mol. The van der Waals surface area contributed by atoms with E-state index < -0.39 is 5.60 Å². The zero-order valence-corrected chi connectivity index (χ0v) is 13.5. The van der Waals surface area contributed by atoms with E-state index in [0.29, 0.717) is 19.4 Å². The lowest BCUT2D eigenvalue weighted by Crippen LogP contribution is -2.29. The van der Waals surface area contributed by atoms with Crippen molar-refractivity contribution in [1.82, 2.24) is 0 Å². The molecule has 1 unspecified atom stereocenters. The zero-order valence-electron chi connectivity index (χ0n) is 13.5. The van der Waals surface area contributed by atoms with Crippen LogP contribution >= 0.6 is 0 Å². The molecule has 0 aliphatic carbocycles. The highest BCUT2D eigenvalue weighted by molar-refractivity contribution is 5.86. The van der Waals surface area contributed by atoms with Crippen LogP contribution < -0.4 is 0 Å². The van der Waals surface area contributed by atoms with Gasteiger partial charge in [0.05, 0.1) is 12.2 Å². The molecule has 0 aliphatic heterocycles. The fourth-order valence-electron chi connectivity index (χ4n) is 2.94. The summed E-state index contributed by atoms with van der Waals surface area (Å²) in [5, 5.41) is 12.9. The summed E-state index contributed by atoms with van der Waals surface area (Å²) in [5.74, 6) is -0.333. The summed E-state index contributed by atoms with van der Waals surface area (Å²) in [4.78, 5) is 11.7. The smallest absolute Gasteiger partial charge is 0.305 e. The molecule has 0 amide bonds. The second-order valence-electron chi connectivity index (χ2n) is 6.12. The topological polar surface area (TPSA) is 46.5 Å². The van der Waals surface area contributed by atoms with Crippen LogP contribution in [0.15, 0.2) is 42.5 Å². The van der Waals surface area contributed by atoms with Crippen LogP contribution in [-0.4, -0.2) is 23.3 Å². The van der Waals surface area contributed by atoms with E-state index in [0.717, 1.165) is 16.3 Å². The van der Waals surface area contributed by atoms with E-state index in [9.17, 15) is 9.90 Å². The minimum atomic E-state index is -0.906. The van der Waals surface area contributed by atoms with Crippen LogP contribution in [0.3, 0.4) is 0 Å². The first-order chi connectivity index (χ1) is 10.4. The molecule has 0 bridgehead atoms. The van der Waals surface area contributed by atoms with Crippen LogP contribution in [0.4, 0.5) is 0 Å². The fourth-order valence-corrected chi connectivity index (χ4v) is 2.94. The van der Waals surface area contributed by atoms with Crippen LogP contribution in [0.2, 0.25) is 0 Å².